The number of aryl methyl sites for hydroxylation is 2. The molecule has 4 aromatic heterocycles. The monoisotopic (exact) mass is 720 g/mol. The molecule has 4 nitrogen and oxygen atoms in total. The number of unbranched alkanes of at least 4 members (excludes halogenated alkanes) is 16. The molecule has 0 unspecified atom stereocenters. The highest BCUT2D eigenvalue weighted by Crippen LogP contribution is 2.45. The zero-order chi connectivity index (χ0) is 33.3. The molecule has 0 radical (unpaired) electrons. The van der Waals surface area contributed by atoms with Crippen LogP contribution in [0.25, 0.3) is 30.2 Å². The molecule has 2 amide bonds. The summed E-state index contributed by atoms with van der Waals surface area (Å²) in [5, 5.41) is 10.8. The molecule has 6 heterocycles. The zero-order valence-corrected chi connectivity index (χ0v) is 32.2. The van der Waals surface area contributed by atoms with Crippen LogP contribution in [0, 0.1) is 0 Å². The minimum Gasteiger partial charge on any atom is -0.320 e. The SMILES string of the molecule is CCCCCCCCCCCc1csc2cc(C3=C4C(=O)NC(c5cc6scc(CCCCCCCCCCC)c6s5)=C4C(=O)N3)sc12. The molecule has 0 bridgehead atoms. The van der Waals surface area contributed by atoms with Crippen molar-refractivity contribution in [2.45, 2.75) is 142 Å². The van der Waals surface area contributed by atoms with Crippen LogP contribution in [0.1, 0.15) is 150 Å². The maximum absolute atomic E-state index is 13.4. The van der Waals surface area contributed by atoms with Gasteiger partial charge in [-0.1, -0.05) is 117 Å². The molecule has 0 fully saturated rings. The molecule has 0 aromatic carbocycles. The van der Waals surface area contributed by atoms with E-state index in [1.54, 1.807) is 45.3 Å². The molecule has 0 saturated carbocycles. The lowest BCUT2D eigenvalue weighted by atomic mass is 10.0. The smallest absolute Gasteiger partial charge is 0.258 e. The molecule has 6 rings (SSSR count). The van der Waals surface area contributed by atoms with Gasteiger partial charge in [0.15, 0.2) is 0 Å². The Morgan fingerprint density at radius 1 is 0.500 bits per heavy atom. The highest BCUT2D eigenvalue weighted by atomic mass is 32.1. The van der Waals surface area contributed by atoms with Gasteiger partial charge >= 0.3 is 0 Å². The summed E-state index contributed by atoms with van der Waals surface area (Å²) in [6, 6.07) is 4.34. The largest absolute Gasteiger partial charge is 0.320 e. The molecule has 0 aliphatic carbocycles. The summed E-state index contributed by atoms with van der Waals surface area (Å²) in [7, 11) is 0. The molecule has 2 aliphatic rings. The van der Waals surface area contributed by atoms with Crippen LogP contribution < -0.4 is 10.6 Å². The summed E-state index contributed by atoms with van der Waals surface area (Å²) in [5.74, 6) is -0.349. The van der Waals surface area contributed by atoms with Crippen molar-refractivity contribution in [1.82, 2.24) is 10.6 Å². The van der Waals surface area contributed by atoms with Gasteiger partial charge in [-0.2, -0.15) is 0 Å². The van der Waals surface area contributed by atoms with Crippen LogP contribution in [0.15, 0.2) is 34.0 Å². The van der Waals surface area contributed by atoms with Gasteiger partial charge in [0.25, 0.3) is 11.8 Å². The van der Waals surface area contributed by atoms with Crippen molar-refractivity contribution >= 4 is 87.4 Å². The first-order valence-electron chi connectivity index (χ1n) is 18.7. The van der Waals surface area contributed by atoms with Gasteiger partial charge in [0, 0.05) is 18.8 Å². The average Bonchev–Trinajstić information content (AvgIpc) is 3.92. The molecule has 2 N–H and O–H groups in total. The molecule has 2 aliphatic heterocycles. The van der Waals surface area contributed by atoms with E-state index < -0.39 is 0 Å². The van der Waals surface area contributed by atoms with Gasteiger partial charge in [-0.05, 0) is 59.7 Å². The fourth-order valence-electron chi connectivity index (χ4n) is 7.14. The number of carbonyl (C=O) groups excluding carboxylic acids is 2. The number of carbonyl (C=O) groups is 2. The second-order valence-corrected chi connectivity index (χ2v) is 17.6. The minimum absolute atomic E-state index is 0.174. The van der Waals surface area contributed by atoms with Gasteiger partial charge in [0.1, 0.15) is 0 Å². The first kappa shape index (κ1) is 35.6. The summed E-state index contributed by atoms with van der Waals surface area (Å²) in [6.45, 7) is 4.55. The van der Waals surface area contributed by atoms with Crippen molar-refractivity contribution in [1.29, 1.82) is 0 Å². The van der Waals surface area contributed by atoms with E-state index in [9.17, 15) is 9.59 Å². The van der Waals surface area contributed by atoms with Gasteiger partial charge in [-0.15, -0.1) is 45.3 Å². The summed E-state index contributed by atoms with van der Waals surface area (Å²) >= 11 is 7.00. The number of rotatable bonds is 22. The van der Waals surface area contributed by atoms with Crippen molar-refractivity contribution in [3.63, 3.8) is 0 Å². The van der Waals surface area contributed by atoms with Gasteiger partial charge in [0.2, 0.25) is 0 Å². The predicted octanol–water partition coefficient (Wildman–Crippen LogP) is 12.8. The second kappa shape index (κ2) is 17.6. The first-order chi connectivity index (χ1) is 23.6. The van der Waals surface area contributed by atoms with Gasteiger partial charge < -0.3 is 10.6 Å². The quantitative estimate of drug-likeness (QED) is 0.0794. The number of nitrogens with one attached hydrogen (secondary N) is 2. The molecule has 8 heteroatoms. The summed E-state index contributed by atoms with van der Waals surface area (Å²) in [6.07, 6.45) is 26.2. The second-order valence-electron chi connectivity index (χ2n) is 13.7. The highest BCUT2D eigenvalue weighted by molar-refractivity contribution is 7.28. The normalized spacial score (nSPS) is 14.7. The highest BCUT2D eigenvalue weighted by Gasteiger charge is 2.42. The topological polar surface area (TPSA) is 58.2 Å². The average molecular weight is 721 g/mol. The fraction of sp³-hybridized carbons (Fsp3) is 0.550. The number of hydrogen-bond donors (Lipinski definition) is 2. The van der Waals surface area contributed by atoms with Crippen molar-refractivity contribution < 1.29 is 9.59 Å². The number of thiophene rings is 4. The zero-order valence-electron chi connectivity index (χ0n) is 28.9. The third-order valence-electron chi connectivity index (χ3n) is 9.91. The molecule has 0 atom stereocenters. The Hall–Kier alpha value is -2.26. The summed E-state index contributed by atoms with van der Waals surface area (Å²) in [5.41, 5.74) is 5.19. The molecule has 48 heavy (non-hydrogen) atoms. The number of hydrogen-bond acceptors (Lipinski definition) is 6. The molecule has 0 spiro atoms. The first-order valence-corrected chi connectivity index (χ1v) is 22.1. The van der Waals surface area contributed by atoms with Crippen molar-refractivity contribution in [2.24, 2.45) is 0 Å². The molecule has 4 aromatic rings. The standard InChI is InChI=1S/C40H52N2O2S4/c1-3-5-7-9-11-13-15-17-19-21-27-25-45-31-23-29(47-37(27)31)35-33-34(40(44)41-35)36(42-39(33)43)30-24-32-38(48-30)28(26-46-32)22-20-18-16-14-12-10-8-6-4-2/h23-26H,3-22H2,1-2H3,(H,41,44)(H,42,43). The predicted molar refractivity (Wildman–Crippen MR) is 211 cm³/mol. The molecule has 0 saturated heterocycles. The van der Waals surface area contributed by atoms with Gasteiger partial charge in [-0.3, -0.25) is 9.59 Å². The van der Waals surface area contributed by atoms with E-state index in [2.05, 4.69) is 47.4 Å². The van der Waals surface area contributed by atoms with E-state index in [0.29, 0.717) is 22.5 Å². The Morgan fingerprint density at radius 2 is 0.854 bits per heavy atom. The van der Waals surface area contributed by atoms with E-state index in [-0.39, 0.29) is 11.8 Å². The van der Waals surface area contributed by atoms with E-state index >= 15 is 0 Å². The Kier molecular flexibility index (Phi) is 13.0. The Bertz CT molecular complexity index is 1630. The van der Waals surface area contributed by atoms with E-state index in [0.717, 1.165) is 22.6 Å². The molecule has 258 valence electrons. The van der Waals surface area contributed by atoms with E-state index in [1.165, 1.54) is 146 Å². The number of amides is 2. The summed E-state index contributed by atoms with van der Waals surface area (Å²) < 4.78 is 5.12. The Balaban J connectivity index is 1.09. The third kappa shape index (κ3) is 8.36. The minimum atomic E-state index is -0.174. The fourth-order valence-corrected chi connectivity index (χ4v) is 12.0. The van der Waals surface area contributed by atoms with Crippen molar-refractivity contribution in [2.75, 3.05) is 0 Å². The van der Waals surface area contributed by atoms with Crippen LogP contribution in [0.5, 0.6) is 0 Å². The molecular formula is C40H52N2O2S4. The lowest BCUT2D eigenvalue weighted by molar-refractivity contribution is -0.117. The van der Waals surface area contributed by atoms with Gasteiger partial charge in [0.05, 0.1) is 32.3 Å². The van der Waals surface area contributed by atoms with Crippen LogP contribution in [-0.4, -0.2) is 11.8 Å². The molecular weight excluding hydrogens is 669 g/mol. The van der Waals surface area contributed by atoms with Crippen molar-refractivity contribution in [3.8, 4) is 0 Å². The van der Waals surface area contributed by atoms with E-state index in [1.807, 2.05) is 0 Å². The maximum atomic E-state index is 13.4. The summed E-state index contributed by atoms with van der Waals surface area (Å²) in [4.78, 5) is 28.8. The number of fused-ring (bicyclic) bond motifs is 3. The third-order valence-corrected chi connectivity index (χ3v) is 14.6. The lowest BCUT2D eigenvalue weighted by Crippen LogP contribution is -2.20. The lowest BCUT2D eigenvalue weighted by Gasteiger charge is -2.04. The van der Waals surface area contributed by atoms with Crippen LogP contribution in [0.4, 0.5) is 0 Å². The van der Waals surface area contributed by atoms with Crippen LogP contribution >= 0.6 is 45.3 Å². The maximum Gasteiger partial charge on any atom is 0.258 e. The van der Waals surface area contributed by atoms with Crippen LogP contribution in [0.2, 0.25) is 0 Å². The van der Waals surface area contributed by atoms with Crippen LogP contribution in [-0.2, 0) is 22.4 Å². The van der Waals surface area contributed by atoms with E-state index in [4.69, 9.17) is 0 Å². The van der Waals surface area contributed by atoms with Gasteiger partial charge in [-0.25, -0.2) is 0 Å². The Morgan fingerprint density at radius 3 is 1.23 bits per heavy atom. The Labute approximate surface area is 303 Å². The van der Waals surface area contributed by atoms with Crippen molar-refractivity contribution in [3.05, 3.63) is 54.9 Å². The van der Waals surface area contributed by atoms with Crippen LogP contribution in [0.3, 0.4) is 0 Å².